The fourth-order valence-electron chi connectivity index (χ4n) is 3.21. The molecule has 1 atom stereocenters. The Morgan fingerprint density at radius 2 is 1.80 bits per heavy atom. The van der Waals surface area contributed by atoms with E-state index >= 15 is 0 Å². The third-order valence-corrected chi connectivity index (χ3v) is 4.18. The van der Waals surface area contributed by atoms with Gasteiger partial charge in [-0.2, -0.15) is 0 Å². The zero-order valence-electron chi connectivity index (χ0n) is 13.1. The van der Waals surface area contributed by atoms with Crippen molar-refractivity contribution in [3.8, 4) is 0 Å². The first-order valence-electron chi connectivity index (χ1n) is 7.84. The first-order chi connectivity index (χ1) is 9.35. The van der Waals surface area contributed by atoms with Gasteiger partial charge in [-0.25, -0.2) is 4.79 Å². The third kappa shape index (κ3) is 4.35. The Morgan fingerprint density at radius 1 is 1.15 bits per heavy atom. The van der Waals surface area contributed by atoms with Crippen LogP contribution in [0.2, 0.25) is 0 Å². The maximum absolute atomic E-state index is 12.5. The number of hydrogen-bond donors (Lipinski definition) is 1. The second kappa shape index (κ2) is 6.31. The van der Waals surface area contributed by atoms with Gasteiger partial charge in [0.1, 0.15) is 0 Å². The van der Waals surface area contributed by atoms with Crippen LogP contribution in [0.5, 0.6) is 0 Å². The molecule has 0 radical (unpaired) electrons. The molecule has 0 aliphatic carbocycles. The molecule has 2 aliphatic heterocycles. The largest absolute Gasteiger partial charge is 0.389 e. The van der Waals surface area contributed by atoms with Crippen molar-refractivity contribution in [1.29, 1.82) is 0 Å². The van der Waals surface area contributed by atoms with E-state index in [-0.39, 0.29) is 6.03 Å². The summed E-state index contributed by atoms with van der Waals surface area (Å²) in [6.07, 6.45) is 2.37. The first kappa shape index (κ1) is 15.6. The van der Waals surface area contributed by atoms with Gasteiger partial charge >= 0.3 is 6.03 Å². The molecular formula is C15H29N3O2. The van der Waals surface area contributed by atoms with Crippen molar-refractivity contribution in [2.45, 2.75) is 39.2 Å². The highest BCUT2D eigenvalue weighted by Crippen LogP contribution is 2.18. The number of likely N-dealkylation sites (tertiary alicyclic amines) is 1. The predicted octanol–water partition coefficient (Wildman–Crippen LogP) is 1.23. The van der Waals surface area contributed by atoms with E-state index in [1.54, 1.807) is 0 Å². The van der Waals surface area contributed by atoms with Gasteiger partial charge < -0.3 is 14.9 Å². The van der Waals surface area contributed by atoms with Crippen LogP contribution in [0.25, 0.3) is 0 Å². The maximum Gasteiger partial charge on any atom is 0.320 e. The summed E-state index contributed by atoms with van der Waals surface area (Å²) in [6, 6.07) is 0.208. The van der Waals surface area contributed by atoms with Gasteiger partial charge in [-0.1, -0.05) is 6.92 Å². The quantitative estimate of drug-likeness (QED) is 0.829. The summed E-state index contributed by atoms with van der Waals surface area (Å²) in [4.78, 5) is 18.7. The van der Waals surface area contributed by atoms with Gasteiger partial charge in [0.05, 0.1) is 5.60 Å². The van der Waals surface area contributed by atoms with Crippen LogP contribution in [0, 0.1) is 5.92 Å². The standard InChI is InChI=1S/C15H29N3O2/c1-13-5-4-6-18(11-13)14(19)17-9-7-16(8-10-17)12-15(2,3)20/h13,20H,4-12H2,1-3H3. The third-order valence-electron chi connectivity index (χ3n) is 4.18. The van der Waals surface area contributed by atoms with Gasteiger partial charge in [-0.15, -0.1) is 0 Å². The van der Waals surface area contributed by atoms with Crippen molar-refractivity contribution in [2.75, 3.05) is 45.8 Å². The number of amides is 2. The Kier molecular flexibility index (Phi) is 4.91. The molecule has 2 aliphatic rings. The number of rotatable bonds is 2. The zero-order chi connectivity index (χ0) is 14.8. The molecule has 2 heterocycles. The molecule has 20 heavy (non-hydrogen) atoms. The topological polar surface area (TPSA) is 47.0 Å². The number of nitrogens with zero attached hydrogens (tertiary/aromatic N) is 3. The van der Waals surface area contributed by atoms with Crippen molar-refractivity contribution in [3.63, 3.8) is 0 Å². The molecule has 2 amide bonds. The molecular weight excluding hydrogens is 254 g/mol. The van der Waals surface area contributed by atoms with E-state index in [1.165, 1.54) is 6.42 Å². The Morgan fingerprint density at radius 3 is 2.35 bits per heavy atom. The predicted molar refractivity (Wildman–Crippen MR) is 79.7 cm³/mol. The average molecular weight is 283 g/mol. The molecule has 2 saturated heterocycles. The monoisotopic (exact) mass is 283 g/mol. The zero-order valence-corrected chi connectivity index (χ0v) is 13.1. The molecule has 5 nitrogen and oxygen atoms in total. The van der Waals surface area contributed by atoms with Crippen LogP contribution in [-0.2, 0) is 0 Å². The highest BCUT2D eigenvalue weighted by molar-refractivity contribution is 5.74. The maximum atomic E-state index is 12.5. The average Bonchev–Trinajstić information content (AvgIpc) is 2.37. The van der Waals surface area contributed by atoms with Crippen LogP contribution < -0.4 is 0 Å². The SMILES string of the molecule is CC1CCCN(C(=O)N2CCN(CC(C)(C)O)CC2)C1. The van der Waals surface area contributed by atoms with Gasteiger partial charge in [0.15, 0.2) is 0 Å². The van der Waals surface area contributed by atoms with Crippen LogP contribution in [0.4, 0.5) is 4.79 Å². The minimum Gasteiger partial charge on any atom is -0.389 e. The molecule has 0 aromatic carbocycles. The van der Waals surface area contributed by atoms with Crippen LogP contribution in [-0.4, -0.2) is 77.3 Å². The minimum atomic E-state index is -0.658. The Balaban J connectivity index is 1.79. The highest BCUT2D eigenvalue weighted by Gasteiger charge is 2.29. The van der Waals surface area contributed by atoms with E-state index in [4.69, 9.17) is 0 Å². The minimum absolute atomic E-state index is 0.208. The smallest absolute Gasteiger partial charge is 0.320 e. The lowest BCUT2D eigenvalue weighted by Crippen LogP contribution is -2.55. The van der Waals surface area contributed by atoms with Crippen LogP contribution in [0.1, 0.15) is 33.6 Å². The summed E-state index contributed by atoms with van der Waals surface area (Å²) in [5.41, 5.74) is -0.658. The molecule has 2 fully saturated rings. The summed E-state index contributed by atoms with van der Waals surface area (Å²) in [6.45, 7) is 11.7. The molecule has 0 saturated carbocycles. The van der Waals surface area contributed by atoms with E-state index < -0.39 is 5.60 Å². The number of hydrogen-bond acceptors (Lipinski definition) is 3. The van der Waals surface area contributed by atoms with Crippen molar-refractivity contribution >= 4 is 6.03 Å². The number of carbonyl (C=O) groups excluding carboxylic acids is 1. The van der Waals surface area contributed by atoms with Gasteiger partial charge in [-0.3, -0.25) is 4.90 Å². The van der Waals surface area contributed by atoms with E-state index in [0.717, 1.165) is 45.7 Å². The second-order valence-corrected chi connectivity index (χ2v) is 7.05. The number of piperidine rings is 1. The number of carbonyl (C=O) groups is 1. The Hall–Kier alpha value is -0.810. The van der Waals surface area contributed by atoms with Crippen molar-refractivity contribution in [2.24, 2.45) is 5.92 Å². The van der Waals surface area contributed by atoms with Gasteiger partial charge in [0.2, 0.25) is 0 Å². The summed E-state index contributed by atoms with van der Waals surface area (Å²) in [7, 11) is 0. The molecule has 0 aromatic heterocycles. The van der Waals surface area contributed by atoms with Crippen molar-refractivity contribution in [3.05, 3.63) is 0 Å². The summed E-state index contributed by atoms with van der Waals surface area (Å²) >= 11 is 0. The van der Waals surface area contributed by atoms with E-state index in [0.29, 0.717) is 12.5 Å². The normalized spacial score (nSPS) is 25.9. The Bertz CT molecular complexity index is 333. The lowest BCUT2D eigenvalue weighted by atomic mass is 10.0. The molecule has 5 heteroatoms. The lowest BCUT2D eigenvalue weighted by molar-refractivity contribution is 0.0195. The molecule has 0 aromatic rings. The van der Waals surface area contributed by atoms with Crippen LogP contribution in [0.3, 0.4) is 0 Å². The Labute approximate surface area is 122 Å². The number of β-amino-alcohol motifs (C(OH)–C–C–N with tert-alkyl or cyclic N) is 1. The molecule has 2 rings (SSSR count). The number of piperazine rings is 1. The molecule has 0 spiro atoms. The first-order valence-corrected chi connectivity index (χ1v) is 7.84. The highest BCUT2D eigenvalue weighted by atomic mass is 16.3. The van der Waals surface area contributed by atoms with Gasteiger partial charge in [0, 0.05) is 45.8 Å². The van der Waals surface area contributed by atoms with Crippen LogP contribution in [0.15, 0.2) is 0 Å². The van der Waals surface area contributed by atoms with E-state index in [9.17, 15) is 9.90 Å². The second-order valence-electron chi connectivity index (χ2n) is 7.05. The van der Waals surface area contributed by atoms with Crippen molar-refractivity contribution in [1.82, 2.24) is 14.7 Å². The number of aliphatic hydroxyl groups is 1. The fourth-order valence-corrected chi connectivity index (χ4v) is 3.21. The van der Waals surface area contributed by atoms with Gasteiger partial charge in [-0.05, 0) is 32.6 Å². The molecule has 1 unspecified atom stereocenters. The summed E-state index contributed by atoms with van der Waals surface area (Å²) in [5, 5.41) is 9.85. The number of urea groups is 1. The fraction of sp³-hybridized carbons (Fsp3) is 0.933. The molecule has 1 N–H and O–H groups in total. The van der Waals surface area contributed by atoms with Crippen LogP contribution >= 0.6 is 0 Å². The molecule has 116 valence electrons. The van der Waals surface area contributed by atoms with Crippen molar-refractivity contribution < 1.29 is 9.90 Å². The molecule has 0 bridgehead atoms. The van der Waals surface area contributed by atoms with E-state index in [2.05, 4.69) is 11.8 Å². The summed E-state index contributed by atoms with van der Waals surface area (Å²) < 4.78 is 0. The van der Waals surface area contributed by atoms with Gasteiger partial charge in [0.25, 0.3) is 0 Å². The summed E-state index contributed by atoms with van der Waals surface area (Å²) in [5.74, 6) is 0.629. The lowest BCUT2D eigenvalue weighted by Gasteiger charge is -2.40. The van der Waals surface area contributed by atoms with E-state index in [1.807, 2.05) is 23.6 Å².